The molecule has 0 radical (unpaired) electrons. The predicted molar refractivity (Wildman–Crippen MR) is 68.4 cm³/mol. The van der Waals surface area contributed by atoms with Gasteiger partial charge in [0, 0.05) is 4.83 Å². The topological polar surface area (TPSA) is 0 Å². The van der Waals surface area contributed by atoms with E-state index in [0.717, 1.165) is 16.7 Å². The zero-order valence-corrected chi connectivity index (χ0v) is 10.1. The fraction of sp³-hybridized carbons (Fsp3) is 1.00. The van der Waals surface area contributed by atoms with Gasteiger partial charge in [-0.05, 0) is 24.7 Å². The molecule has 0 aliphatic heterocycles. The molecule has 2 aliphatic rings. The minimum atomic E-state index is 0. The molecule has 2 rings (SSSR count). The van der Waals surface area contributed by atoms with Crippen molar-refractivity contribution in [2.75, 3.05) is 0 Å². The first kappa shape index (κ1) is 14.2. The molecule has 2 fully saturated rings. The van der Waals surface area contributed by atoms with Crippen molar-refractivity contribution in [3.8, 4) is 0 Å². The number of rotatable bonds is 1. The van der Waals surface area contributed by atoms with E-state index in [1.165, 1.54) is 57.8 Å². The first-order chi connectivity index (χ1) is 6.36. The molecule has 0 amide bonds. The molecule has 14 heavy (non-hydrogen) atoms. The number of alkyl halides is 1. The van der Waals surface area contributed by atoms with Crippen molar-refractivity contribution < 1.29 is 0 Å². The third-order valence-corrected chi connectivity index (χ3v) is 4.80. The molecule has 2 atom stereocenters. The van der Waals surface area contributed by atoms with Crippen molar-refractivity contribution in [2.24, 2.45) is 11.8 Å². The summed E-state index contributed by atoms with van der Waals surface area (Å²) in [4.78, 5) is 0.841. The van der Waals surface area contributed by atoms with Gasteiger partial charge < -0.3 is 0 Å². The van der Waals surface area contributed by atoms with Crippen molar-refractivity contribution in [3.63, 3.8) is 0 Å². The molecule has 2 unspecified atom stereocenters. The quantitative estimate of drug-likeness (QED) is 0.507. The van der Waals surface area contributed by atoms with Gasteiger partial charge in [0.1, 0.15) is 0 Å². The molecule has 0 aromatic carbocycles. The fourth-order valence-corrected chi connectivity index (χ4v) is 4.00. The molecule has 2 aliphatic carbocycles. The van der Waals surface area contributed by atoms with E-state index in [1.807, 2.05) is 0 Å². The average molecular weight is 285 g/mol. The molecule has 0 aromatic rings. The van der Waals surface area contributed by atoms with E-state index >= 15 is 0 Å². The zero-order valence-electron chi connectivity index (χ0n) is 8.47. The zero-order chi connectivity index (χ0) is 9.10. The normalized spacial score (nSPS) is 34.9. The van der Waals surface area contributed by atoms with Crippen LogP contribution in [0, 0.1) is 11.8 Å². The summed E-state index contributed by atoms with van der Waals surface area (Å²) in [6, 6.07) is 0. The molecular formula is C12H22BrK. The third kappa shape index (κ3) is 4.18. The van der Waals surface area contributed by atoms with Crippen LogP contribution >= 0.6 is 15.9 Å². The van der Waals surface area contributed by atoms with Crippen molar-refractivity contribution in [2.45, 2.75) is 62.6 Å². The first-order valence-electron chi connectivity index (χ1n) is 6.00. The molecule has 0 aromatic heterocycles. The van der Waals surface area contributed by atoms with Gasteiger partial charge in [-0.25, -0.2) is 0 Å². The van der Waals surface area contributed by atoms with Crippen LogP contribution in [0.15, 0.2) is 0 Å². The Morgan fingerprint density at radius 3 is 2.00 bits per heavy atom. The van der Waals surface area contributed by atoms with Crippen LogP contribution in [0.5, 0.6) is 0 Å². The van der Waals surface area contributed by atoms with Crippen LogP contribution in [0.2, 0.25) is 0 Å². The first-order valence-corrected chi connectivity index (χ1v) is 6.92. The SMILES string of the molecule is BrC1CCCC(C2CCCCC2)C1.[KH]. The Morgan fingerprint density at radius 1 is 0.714 bits per heavy atom. The fourth-order valence-electron chi connectivity index (χ4n) is 3.20. The molecule has 0 bridgehead atoms. The Balaban J connectivity index is 0.000000980. The van der Waals surface area contributed by atoms with Gasteiger partial charge in [-0.15, -0.1) is 0 Å². The molecule has 78 valence electrons. The van der Waals surface area contributed by atoms with Gasteiger partial charge in [-0.3, -0.25) is 0 Å². The Labute approximate surface area is 140 Å². The maximum atomic E-state index is 3.80. The molecule has 2 heteroatoms. The van der Waals surface area contributed by atoms with Gasteiger partial charge in [-0.1, -0.05) is 60.9 Å². The number of halogens is 1. The van der Waals surface area contributed by atoms with E-state index in [4.69, 9.17) is 0 Å². The molecular weight excluding hydrogens is 263 g/mol. The summed E-state index contributed by atoms with van der Waals surface area (Å²) in [7, 11) is 0. The number of hydrogen-bond donors (Lipinski definition) is 0. The molecule has 0 saturated heterocycles. The molecule has 0 heterocycles. The second-order valence-electron chi connectivity index (χ2n) is 4.92. The van der Waals surface area contributed by atoms with Crippen LogP contribution in [0.1, 0.15) is 57.8 Å². The monoisotopic (exact) mass is 284 g/mol. The minimum absolute atomic E-state index is 0. The summed E-state index contributed by atoms with van der Waals surface area (Å²) in [6.07, 6.45) is 13.5. The Bertz CT molecular complexity index is 154. The molecule has 2 saturated carbocycles. The van der Waals surface area contributed by atoms with Crippen molar-refractivity contribution in [1.82, 2.24) is 0 Å². The standard InChI is InChI=1S/C12H21Br.K.H/c13-12-8-4-7-11(9-12)10-5-2-1-3-6-10;;/h10-12H,1-9H2;;. The maximum absolute atomic E-state index is 3.80. The van der Waals surface area contributed by atoms with Gasteiger partial charge in [0.25, 0.3) is 0 Å². The van der Waals surface area contributed by atoms with Gasteiger partial charge >= 0.3 is 51.4 Å². The second-order valence-corrected chi connectivity index (χ2v) is 6.22. The van der Waals surface area contributed by atoms with Crippen molar-refractivity contribution in [3.05, 3.63) is 0 Å². The van der Waals surface area contributed by atoms with E-state index < -0.39 is 0 Å². The van der Waals surface area contributed by atoms with Crippen LogP contribution in [-0.2, 0) is 0 Å². The summed E-state index contributed by atoms with van der Waals surface area (Å²) in [5, 5.41) is 0. The molecule has 0 nitrogen and oxygen atoms in total. The van der Waals surface area contributed by atoms with E-state index in [-0.39, 0.29) is 51.4 Å². The van der Waals surface area contributed by atoms with Crippen molar-refractivity contribution in [1.29, 1.82) is 0 Å². The average Bonchev–Trinajstić information content (AvgIpc) is 2.19. The predicted octanol–water partition coefficient (Wildman–Crippen LogP) is 3.87. The van der Waals surface area contributed by atoms with Crippen LogP contribution in [0.4, 0.5) is 0 Å². The summed E-state index contributed by atoms with van der Waals surface area (Å²) in [5.74, 6) is 2.16. The summed E-state index contributed by atoms with van der Waals surface area (Å²) < 4.78 is 0. The van der Waals surface area contributed by atoms with Crippen molar-refractivity contribution >= 4 is 67.3 Å². The second kappa shape index (κ2) is 7.44. The van der Waals surface area contributed by atoms with E-state index in [9.17, 15) is 0 Å². The van der Waals surface area contributed by atoms with Crippen LogP contribution < -0.4 is 0 Å². The van der Waals surface area contributed by atoms with Crippen LogP contribution in [0.3, 0.4) is 0 Å². The Kier molecular flexibility index (Phi) is 7.54. The molecule has 0 N–H and O–H groups in total. The Morgan fingerprint density at radius 2 is 1.36 bits per heavy atom. The van der Waals surface area contributed by atoms with Gasteiger partial charge in [0.05, 0.1) is 0 Å². The number of hydrogen-bond acceptors (Lipinski definition) is 0. The Hall–Kier alpha value is 2.12. The summed E-state index contributed by atoms with van der Waals surface area (Å²) >= 11 is 3.80. The van der Waals surface area contributed by atoms with E-state index in [0.29, 0.717) is 0 Å². The molecule has 0 spiro atoms. The van der Waals surface area contributed by atoms with E-state index in [1.54, 1.807) is 0 Å². The van der Waals surface area contributed by atoms with E-state index in [2.05, 4.69) is 15.9 Å². The van der Waals surface area contributed by atoms with Crippen LogP contribution in [0.25, 0.3) is 0 Å². The summed E-state index contributed by atoms with van der Waals surface area (Å²) in [5.41, 5.74) is 0. The summed E-state index contributed by atoms with van der Waals surface area (Å²) in [6.45, 7) is 0. The van der Waals surface area contributed by atoms with Crippen LogP contribution in [-0.4, -0.2) is 56.2 Å². The van der Waals surface area contributed by atoms with Gasteiger partial charge in [-0.2, -0.15) is 0 Å². The van der Waals surface area contributed by atoms with Gasteiger partial charge in [0.15, 0.2) is 0 Å². The van der Waals surface area contributed by atoms with Gasteiger partial charge in [0.2, 0.25) is 0 Å². The third-order valence-electron chi connectivity index (χ3n) is 3.97.